The zero-order chi connectivity index (χ0) is 12.0. The molecule has 90 valence electrons. The minimum absolute atomic E-state index is 0.0796. The van der Waals surface area contributed by atoms with E-state index in [-0.39, 0.29) is 5.91 Å². The Balaban J connectivity index is 2.35. The molecule has 0 aliphatic heterocycles. The molecule has 1 heterocycles. The minimum atomic E-state index is -0.733. The molecule has 1 amide bonds. The average Bonchev–Trinajstić information content (AvgIpc) is 2.80. The summed E-state index contributed by atoms with van der Waals surface area (Å²) in [7, 11) is 1.55. The van der Waals surface area contributed by atoms with Crippen molar-refractivity contribution in [2.45, 2.75) is 32.3 Å². The molecule has 0 fully saturated rings. The lowest BCUT2D eigenvalue weighted by molar-refractivity contribution is -0.141. The monoisotopic (exact) mass is 225 g/mol. The van der Waals surface area contributed by atoms with Crippen molar-refractivity contribution >= 4 is 5.91 Å². The number of amides is 1. The Hall–Kier alpha value is -1.36. The van der Waals surface area contributed by atoms with Gasteiger partial charge in [0.15, 0.2) is 0 Å². The van der Waals surface area contributed by atoms with Crippen LogP contribution in [0, 0.1) is 0 Å². The smallest absolute Gasteiger partial charge is 0.251 e. The van der Waals surface area contributed by atoms with E-state index in [0.717, 1.165) is 5.82 Å². The van der Waals surface area contributed by atoms with Crippen LogP contribution in [0.5, 0.6) is 0 Å². The van der Waals surface area contributed by atoms with Crippen molar-refractivity contribution in [2.75, 3.05) is 13.7 Å². The molecule has 0 aromatic carbocycles. The van der Waals surface area contributed by atoms with Crippen LogP contribution in [0.2, 0.25) is 0 Å². The molecule has 0 saturated heterocycles. The second-order valence-electron chi connectivity index (χ2n) is 3.83. The maximum atomic E-state index is 11.8. The van der Waals surface area contributed by atoms with Crippen LogP contribution in [0.25, 0.3) is 0 Å². The highest BCUT2D eigenvalue weighted by molar-refractivity contribution is 5.84. The molecule has 1 aromatic rings. The Morgan fingerprint density at radius 2 is 2.44 bits per heavy atom. The van der Waals surface area contributed by atoms with Crippen LogP contribution in [-0.4, -0.2) is 35.1 Å². The Labute approximate surface area is 95.6 Å². The summed E-state index contributed by atoms with van der Waals surface area (Å²) in [5.41, 5.74) is -0.733. The fraction of sp³-hybridized carbons (Fsp3) is 0.636. The number of rotatable bonds is 6. The number of imidazole rings is 1. The fourth-order valence-corrected chi connectivity index (χ4v) is 1.31. The first-order valence-corrected chi connectivity index (χ1v) is 5.44. The van der Waals surface area contributed by atoms with Crippen molar-refractivity contribution in [1.29, 1.82) is 0 Å². The first-order valence-electron chi connectivity index (χ1n) is 5.44. The minimum Gasteiger partial charge on any atom is -0.369 e. The van der Waals surface area contributed by atoms with Gasteiger partial charge in [-0.2, -0.15) is 0 Å². The zero-order valence-corrected chi connectivity index (χ0v) is 10.0. The van der Waals surface area contributed by atoms with Gasteiger partial charge in [0.05, 0.1) is 0 Å². The van der Waals surface area contributed by atoms with E-state index in [1.807, 2.05) is 6.92 Å². The van der Waals surface area contributed by atoms with Crippen LogP contribution in [0.4, 0.5) is 0 Å². The van der Waals surface area contributed by atoms with Gasteiger partial charge < -0.3 is 15.0 Å². The Morgan fingerprint density at radius 3 is 2.94 bits per heavy atom. The summed E-state index contributed by atoms with van der Waals surface area (Å²) in [6, 6.07) is 0. The standard InChI is InChI=1S/C11H19N3O2/c1-4-11(2,16-3)10(15)14-6-5-9-12-7-8-13-9/h7-8H,4-6H2,1-3H3,(H,12,13)(H,14,15). The summed E-state index contributed by atoms with van der Waals surface area (Å²) < 4.78 is 5.20. The molecular weight excluding hydrogens is 206 g/mol. The number of aromatic nitrogens is 2. The third-order valence-electron chi connectivity index (χ3n) is 2.81. The summed E-state index contributed by atoms with van der Waals surface area (Å²) in [6.45, 7) is 4.27. The molecule has 0 radical (unpaired) electrons. The van der Waals surface area contributed by atoms with E-state index in [4.69, 9.17) is 4.74 Å². The average molecular weight is 225 g/mol. The predicted octanol–water partition coefficient (Wildman–Crippen LogP) is 0.883. The van der Waals surface area contributed by atoms with Crippen LogP contribution >= 0.6 is 0 Å². The van der Waals surface area contributed by atoms with Gasteiger partial charge in [-0.3, -0.25) is 4.79 Å². The first-order chi connectivity index (χ1) is 7.62. The highest BCUT2D eigenvalue weighted by Gasteiger charge is 2.30. The number of hydrogen-bond acceptors (Lipinski definition) is 3. The van der Waals surface area contributed by atoms with Gasteiger partial charge >= 0.3 is 0 Å². The first kappa shape index (κ1) is 12.7. The molecule has 0 saturated carbocycles. The third-order valence-corrected chi connectivity index (χ3v) is 2.81. The van der Waals surface area contributed by atoms with E-state index in [1.54, 1.807) is 26.4 Å². The molecule has 0 bridgehead atoms. The second kappa shape index (κ2) is 5.65. The number of aromatic amines is 1. The zero-order valence-electron chi connectivity index (χ0n) is 10.0. The summed E-state index contributed by atoms with van der Waals surface area (Å²) >= 11 is 0. The van der Waals surface area contributed by atoms with E-state index in [1.165, 1.54) is 0 Å². The highest BCUT2D eigenvalue weighted by atomic mass is 16.5. The van der Waals surface area contributed by atoms with Gasteiger partial charge in [0, 0.05) is 32.5 Å². The highest BCUT2D eigenvalue weighted by Crippen LogP contribution is 2.13. The van der Waals surface area contributed by atoms with Crippen molar-refractivity contribution in [3.05, 3.63) is 18.2 Å². The Bertz CT molecular complexity index is 318. The van der Waals surface area contributed by atoms with Crippen molar-refractivity contribution in [3.8, 4) is 0 Å². The fourth-order valence-electron chi connectivity index (χ4n) is 1.31. The van der Waals surface area contributed by atoms with Crippen LogP contribution in [0.3, 0.4) is 0 Å². The normalized spacial score (nSPS) is 14.4. The molecular formula is C11H19N3O2. The molecule has 1 unspecified atom stereocenters. The van der Waals surface area contributed by atoms with Gasteiger partial charge in [-0.1, -0.05) is 6.92 Å². The number of ether oxygens (including phenoxy) is 1. The van der Waals surface area contributed by atoms with E-state index in [2.05, 4.69) is 15.3 Å². The van der Waals surface area contributed by atoms with Crippen LogP contribution < -0.4 is 5.32 Å². The molecule has 0 aliphatic carbocycles. The van der Waals surface area contributed by atoms with Crippen LogP contribution in [0.15, 0.2) is 12.4 Å². The number of hydrogen-bond donors (Lipinski definition) is 2. The summed E-state index contributed by atoms with van der Waals surface area (Å²) in [4.78, 5) is 18.9. The molecule has 1 atom stereocenters. The molecule has 1 aromatic heterocycles. The van der Waals surface area contributed by atoms with Gasteiger partial charge in [-0.05, 0) is 13.3 Å². The Kier molecular flexibility index (Phi) is 4.49. The van der Waals surface area contributed by atoms with E-state index >= 15 is 0 Å². The second-order valence-corrected chi connectivity index (χ2v) is 3.83. The summed E-state index contributed by atoms with van der Waals surface area (Å²) in [6.07, 6.45) is 4.81. The summed E-state index contributed by atoms with van der Waals surface area (Å²) in [5, 5.41) is 2.84. The van der Waals surface area contributed by atoms with Gasteiger partial charge in [0.25, 0.3) is 5.91 Å². The largest absolute Gasteiger partial charge is 0.369 e. The number of nitrogens with one attached hydrogen (secondary N) is 2. The van der Waals surface area contributed by atoms with Crippen molar-refractivity contribution in [2.24, 2.45) is 0 Å². The quantitative estimate of drug-likeness (QED) is 0.755. The maximum absolute atomic E-state index is 11.8. The van der Waals surface area contributed by atoms with Crippen LogP contribution in [0.1, 0.15) is 26.1 Å². The molecule has 5 heteroatoms. The number of methoxy groups -OCH3 is 1. The lowest BCUT2D eigenvalue weighted by atomic mass is 10.0. The number of H-pyrrole nitrogens is 1. The maximum Gasteiger partial charge on any atom is 0.251 e. The van der Waals surface area contributed by atoms with Gasteiger partial charge in [0.1, 0.15) is 11.4 Å². The van der Waals surface area contributed by atoms with Gasteiger partial charge in [-0.25, -0.2) is 4.98 Å². The topological polar surface area (TPSA) is 67.0 Å². The van der Waals surface area contributed by atoms with Gasteiger partial charge in [0.2, 0.25) is 0 Å². The lowest BCUT2D eigenvalue weighted by Crippen LogP contribution is -2.46. The molecule has 16 heavy (non-hydrogen) atoms. The van der Waals surface area contributed by atoms with Gasteiger partial charge in [-0.15, -0.1) is 0 Å². The summed E-state index contributed by atoms with van der Waals surface area (Å²) in [5.74, 6) is 0.792. The van der Waals surface area contributed by atoms with E-state index < -0.39 is 5.60 Å². The SMILES string of the molecule is CCC(C)(OC)C(=O)NCCc1ncc[nH]1. The van der Waals surface area contributed by atoms with Crippen molar-refractivity contribution < 1.29 is 9.53 Å². The number of carbonyl (C=O) groups excluding carboxylic acids is 1. The number of carbonyl (C=O) groups is 1. The third kappa shape index (κ3) is 3.06. The molecule has 5 nitrogen and oxygen atoms in total. The van der Waals surface area contributed by atoms with Crippen molar-refractivity contribution in [1.82, 2.24) is 15.3 Å². The van der Waals surface area contributed by atoms with E-state index in [9.17, 15) is 4.79 Å². The molecule has 1 rings (SSSR count). The van der Waals surface area contributed by atoms with E-state index in [0.29, 0.717) is 19.4 Å². The Morgan fingerprint density at radius 1 is 1.69 bits per heavy atom. The predicted molar refractivity (Wildman–Crippen MR) is 61.0 cm³/mol. The molecule has 2 N–H and O–H groups in total. The molecule has 0 spiro atoms. The number of nitrogens with zero attached hydrogens (tertiary/aromatic N) is 1. The van der Waals surface area contributed by atoms with Crippen LogP contribution in [-0.2, 0) is 16.0 Å². The lowest BCUT2D eigenvalue weighted by Gasteiger charge is -2.25. The molecule has 0 aliphatic rings. The van der Waals surface area contributed by atoms with Crippen molar-refractivity contribution in [3.63, 3.8) is 0 Å².